The van der Waals surface area contributed by atoms with Crippen LogP contribution in [0.2, 0.25) is 0 Å². The fourth-order valence-electron chi connectivity index (χ4n) is 3.21. The highest BCUT2D eigenvalue weighted by atomic mass is 16.4. The number of allylic oxidation sites excluding steroid dienone is 1. The van der Waals surface area contributed by atoms with Gasteiger partial charge < -0.3 is 14.6 Å². The molecule has 0 spiro atoms. The van der Waals surface area contributed by atoms with Gasteiger partial charge in [0.25, 0.3) is 0 Å². The number of aryl methyl sites for hydroxylation is 2. The van der Waals surface area contributed by atoms with Crippen molar-refractivity contribution >= 4 is 12.2 Å². The summed E-state index contributed by atoms with van der Waals surface area (Å²) in [4.78, 5) is 17.9. The first-order valence-electron chi connectivity index (χ1n) is 7.89. The molecule has 3 rings (SSSR count). The highest BCUT2D eigenvalue weighted by Crippen LogP contribution is 2.33. The third-order valence-corrected chi connectivity index (χ3v) is 4.37. The number of aromatic nitrogens is 1. The van der Waals surface area contributed by atoms with Gasteiger partial charge >= 0.3 is 5.97 Å². The molecule has 0 bridgehead atoms. The number of aromatic carboxylic acids is 1. The van der Waals surface area contributed by atoms with Gasteiger partial charge in [-0.3, -0.25) is 4.99 Å². The molecular formula is C19H21N3O2. The quantitative estimate of drug-likeness (QED) is 0.935. The van der Waals surface area contributed by atoms with Crippen molar-refractivity contribution in [2.75, 3.05) is 6.67 Å². The van der Waals surface area contributed by atoms with Crippen molar-refractivity contribution < 1.29 is 9.90 Å². The molecule has 1 aliphatic heterocycles. The minimum Gasteiger partial charge on any atom is -0.478 e. The number of carbonyl (C=O) groups is 1. The third kappa shape index (κ3) is 2.85. The van der Waals surface area contributed by atoms with Crippen LogP contribution in [0.25, 0.3) is 11.3 Å². The number of hydrogen-bond donors (Lipinski definition) is 1. The summed E-state index contributed by atoms with van der Waals surface area (Å²) in [5.41, 5.74) is 5.49. The molecular weight excluding hydrogens is 302 g/mol. The first-order chi connectivity index (χ1) is 11.5. The van der Waals surface area contributed by atoms with Gasteiger partial charge in [-0.2, -0.15) is 0 Å². The fraction of sp³-hybridized carbons (Fsp3) is 0.263. The molecule has 0 unspecified atom stereocenters. The zero-order chi connectivity index (χ0) is 17.3. The van der Waals surface area contributed by atoms with Crippen molar-refractivity contribution in [3.63, 3.8) is 0 Å². The van der Waals surface area contributed by atoms with E-state index in [2.05, 4.69) is 31.0 Å². The van der Waals surface area contributed by atoms with Crippen LogP contribution in [0, 0.1) is 20.8 Å². The van der Waals surface area contributed by atoms with Gasteiger partial charge in [-0.25, -0.2) is 4.79 Å². The Labute approximate surface area is 141 Å². The van der Waals surface area contributed by atoms with Gasteiger partial charge in [-0.05, 0) is 43.5 Å². The van der Waals surface area contributed by atoms with Gasteiger partial charge in [0.1, 0.15) is 6.67 Å². The summed E-state index contributed by atoms with van der Waals surface area (Å²) in [6.45, 7) is 7.13. The summed E-state index contributed by atoms with van der Waals surface area (Å²) < 4.78 is 2.01. The second kappa shape index (κ2) is 6.35. The molecule has 2 aromatic rings. The lowest BCUT2D eigenvalue weighted by atomic mass is 9.97. The number of rotatable bonds is 4. The summed E-state index contributed by atoms with van der Waals surface area (Å²) in [6, 6.07) is 6.15. The fourth-order valence-corrected chi connectivity index (χ4v) is 3.21. The standard InChI is InChI=1S/C19H21N3O2/c1-13-6-4-7-14(2)17(13)18-15(3)16(19(23)24)10-22(18)12-21-9-5-8-20-11-21/h4-10H,11-12H2,1-3H3,(H,23,24). The molecule has 0 saturated carbocycles. The smallest absolute Gasteiger partial charge is 0.337 e. The maximum Gasteiger partial charge on any atom is 0.337 e. The van der Waals surface area contributed by atoms with Crippen LogP contribution < -0.4 is 0 Å². The highest BCUT2D eigenvalue weighted by molar-refractivity contribution is 5.92. The van der Waals surface area contributed by atoms with Crippen LogP contribution in [-0.4, -0.2) is 33.4 Å². The molecule has 0 amide bonds. The summed E-state index contributed by atoms with van der Waals surface area (Å²) >= 11 is 0. The van der Waals surface area contributed by atoms with Crippen LogP contribution in [0.4, 0.5) is 0 Å². The highest BCUT2D eigenvalue weighted by Gasteiger charge is 2.21. The molecule has 1 aromatic carbocycles. The van der Waals surface area contributed by atoms with E-state index >= 15 is 0 Å². The molecule has 0 saturated heterocycles. The average molecular weight is 323 g/mol. The van der Waals surface area contributed by atoms with Gasteiger partial charge in [0.05, 0.1) is 17.9 Å². The SMILES string of the molecule is Cc1cccc(C)c1-c1c(C)c(C(=O)O)cn1CN1C=CC=NC1. The molecule has 1 aromatic heterocycles. The Bertz CT molecular complexity index is 826. The number of hydrogen-bond acceptors (Lipinski definition) is 3. The molecule has 24 heavy (non-hydrogen) atoms. The molecule has 0 aliphatic carbocycles. The monoisotopic (exact) mass is 323 g/mol. The third-order valence-electron chi connectivity index (χ3n) is 4.37. The van der Waals surface area contributed by atoms with Crippen molar-refractivity contribution in [2.45, 2.75) is 27.4 Å². The molecule has 1 N–H and O–H groups in total. The molecule has 5 heteroatoms. The summed E-state index contributed by atoms with van der Waals surface area (Å²) in [5.74, 6) is -0.897. The Morgan fingerprint density at radius 1 is 1.25 bits per heavy atom. The topological polar surface area (TPSA) is 57.8 Å². The molecule has 0 atom stereocenters. The summed E-state index contributed by atoms with van der Waals surface area (Å²) in [5, 5.41) is 9.53. The molecule has 2 heterocycles. The maximum absolute atomic E-state index is 11.6. The van der Waals surface area contributed by atoms with E-state index in [4.69, 9.17) is 0 Å². The average Bonchev–Trinajstić information content (AvgIpc) is 2.86. The normalized spacial score (nSPS) is 13.5. The molecule has 5 nitrogen and oxygen atoms in total. The maximum atomic E-state index is 11.6. The summed E-state index contributed by atoms with van der Waals surface area (Å²) in [7, 11) is 0. The Balaban J connectivity index is 2.14. The van der Waals surface area contributed by atoms with Gasteiger partial charge in [0, 0.05) is 24.2 Å². The van der Waals surface area contributed by atoms with Crippen LogP contribution in [-0.2, 0) is 6.67 Å². The lowest BCUT2D eigenvalue weighted by Gasteiger charge is -2.23. The number of nitrogens with zero attached hydrogens (tertiary/aromatic N) is 3. The van der Waals surface area contributed by atoms with Crippen molar-refractivity contribution in [3.05, 3.63) is 58.9 Å². The van der Waals surface area contributed by atoms with E-state index in [-0.39, 0.29) is 0 Å². The van der Waals surface area contributed by atoms with Crippen molar-refractivity contribution in [1.82, 2.24) is 9.47 Å². The molecule has 124 valence electrons. The van der Waals surface area contributed by atoms with E-state index in [1.807, 2.05) is 34.7 Å². The van der Waals surface area contributed by atoms with Crippen LogP contribution in [0.15, 0.2) is 41.7 Å². The Kier molecular flexibility index (Phi) is 4.25. The Hall–Kier alpha value is -2.82. The van der Waals surface area contributed by atoms with E-state index in [1.54, 1.807) is 12.4 Å². The zero-order valence-electron chi connectivity index (χ0n) is 14.2. The van der Waals surface area contributed by atoms with Gasteiger partial charge in [-0.1, -0.05) is 18.2 Å². The Morgan fingerprint density at radius 3 is 2.54 bits per heavy atom. The van der Waals surface area contributed by atoms with Gasteiger partial charge in [0.2, 0.25) is 0 Å². The lowest BCUT2D eigenvalue weighted by Crippen LogP contribution is -2.23. The van der Waals surface area contributed by atoms with E-state index in [0.29, 0.717) is 18.9 Å². The molecule has 0 fully saturated rings. The predicted molar refractivity (Wildman–Crippen MR) is 95.4 cm³/mol. The van der Waals surface area contributed by atoms with Gasteiger partial charge in [0.15, 0.2) is 0 Å². The van der Waals surface area contributed by atoms with Crippen molar-refractivity contribution in [3.8, 4) is 11.3 Å². The predicted octanol–water partition coefficient (Wildman–Crippen LogP) is 3.59. The van der Waals surface area contributed by atoms with E-state index in [0.717, 1.165) is 27.9 Å². The molecule has 1 aliphatic rings. The second-order valence-corrected chi connectivity index (χ2v) is 6.10. The van der Waals surface area contributed by atoms with E-state index in [9.17, 15) is 9.90 Å². The first-order valence-corrected chi connectivity index (χ1v) is 7.89. The number of aliphatic imine (C=N–C) groups is 1. The minimum absolute atomic E-state index is 0.345. The van der Waals surface area contributed by atoms with Gasteiger partial charge in [-0.15, -0.1) is 0 Å². The van der Waals surface area contributed by atoms with Crippen LogP contribution >= 0.6 is 0 Å². The number of benzene rings is 1. The van der Waals surface area contributed by atoms with Crippen molar-refractivity contribution in [2.24, 2.45) is 4.99 Å². The molecule has 0 radical (unpaired) electrons. The minimum atomic E-state index is -0.897. The van der Waals surface area contributed by atoms with Crippen LogP contribution in [0.3, 0.4) is 0 Å². The second-order valence-electron chi connectivity index (χ2n) is 6.10. The summed E-state index contributed by atoms with van der Waals surface area (Å²) in [6.07, 6.45) is 7.35. The first kappa shape index (κ1) is 16.1. The van der Waals surface area contributed by atoms with E-state index < -0.39 is 5.97 Å². The van der Waals surface area contributed by atoms with E-state index in [1.165, 1.54) is 0 Å². The zero-order valence-corrected chi connectivity index (χ0v) is 14.2. The number of carboxylic acid groups (broad SMARTS) is 1. The lowest BCUT2D eigenvalue weighted by molar-refractivity contribution is 0.0696. The largest absolute Gasteiger partial charge is 0.478 e. The number of carboxylic acids is 1. The Morgan fingerprint density at radius 2 is 1.96 bits per heavy atom. The van der Waals surface area contributed by atoms with Crippen LogP contribution in [0.5, 0.6) is 0 Å². The van der Waals surface area contributed by atoms with Crippen LogP contribution in [0.1, 0.15) is 27.0 Å². The van der Waals surface area contributed by atoms with Crippen molar-refractivity contribution in [1.29, 1.82) is 0 Å².